The van der Waals surface area contributed by atoms with Gasteiger partial charge in [0.15, 0.2) is 0 Å². The van der Waals surface area contributed by atoms with Gasteiger partial charge in [-0.3, -0.25) is 4.79 Å². The number of piperidine rings is 1. The average Bonchev–Trinajstić information content (AvgIpc) is 2.65. The standard InChI is InChI=1S/C20H23F4N3O3/c21-16-7-14(6-15(8-16)20(22,23)24)5-13-1-3-26(4-2-13)18(29)27-10-19(11-27)12-30-9-17(28)25-19/h6-8,13H,1-5,9-12H2,(H,25,28). The molecule has 0 bridgehead atoms. The lowest BCUT2D eigenvalue weighted by Crippen LogP contribution is -2.76. The Hall–Kier alpha value is -2.36. The highest BCUT2D eigenvalue weighted by atomic mass is 19.4. The lowest BCUT2D eigenvalue weighted by atomic mass is 9.88. The Morgan fingerprint density at radius 1 is 1.17 bits per heavy atom. The molecule has 3 saturated heterocycles. The second kappa shape index (κ2) is 7.72. The van der Waals surface area contributed by atoms with Crippen LogP contribution in [0, 0.1) is 11.7 Å². The second-order valence-corrected chi connectivity index (χ2v) is 8.44. The Kier molecular flexibility index (Phi) is 5.37. The van der Waals surface area contributed by atoms with E-state index in [1.165, 1.54) is 0 Å². The topological polar surface area (TPSA) is 61.9 Å². The van der Waals surface area contributed by atoms with Crippen molar-refractivity contribution in [3.05, 3.63) is 35.1 Å². The molecule has 3 heterocycles. The molecule has 6 nitrogen and oxygen atoms in total. The van der Waals surface area contributed by atoms with Gasteiger partial charge in [0.2, 0.25) is 5.91 Å². The first-order valence-electron chi connectivity index (χ1n) is 9.93. The number of hydrogen-bond donors (Lipinski definition) is 1. The average molecular weight is 429 g/mol. The number of nitrogens with one attached hydrogen (secondary N) is 1. The monoisotopic (exact) mass is 429 g/mol. The summed E-state index contributed by atoms with van der Waals surface area (Å²) in [5, 5.41) is 2.88. The maximum Gasteiger partial charge on any atom is 0.416 e. The number of benzene rings is 1. The molecule has 1 spiro atoms. The molecular weight excluding hydrogens is 406 g/mol. The van der Waals surface area contributed by atoms with E-state index in [0.29, 0.717) is 63.7 Å². The quantitative estimate of drug-likeness (QED) is 0.735. The van der Waals surface area contributed by atoms with E-state index in [4.69, 9.17) is 4.74 Å². The van der Waals surface area contributed by atoms with Crippen LogP contribution in [0.2, 0.25) is 0 Å². The number of hydrogen-bond acceptors (Lipinski definition) is 3. The van der Waals surface area contributed by atoms with Gasteiger partial charge in [0.25, 0.3) is 0 Å². The van der Waals surface area contributed by atoms with Crippen molar-refractivity contribution in [2.75, 3.05) is 39.4 Å². The molecule has 30 heavy (non-hydrogen) atoms. The molecule has 1 aromatic rings. The minimum Gasteiger partial charge on any atom is -0.369 e. The van der Waals surface area contributed by atoms with Crippen molar-refractivity contribution in [2.45, 2.75) is 31.0 Å². The Bertz CT molecular complexity index is 831. The molecule has 164 valence electrons. The summed E-state index contributed by atoms with van der Waals surface area (Å²) >= 11 is 0. The lowest BCUT2D eigenvalue weighted by molar-refractivity contribution is -0.141. The zero-order valence-electron chi connectivity index (χ0n) is 16.3. The van der Waals surface area contributed by atoms with Gasteiger partial charge in [0.1, 0.15) is 12.4 Å². The van der Waals surface area contributed by atoms with Gasteiger partial charge in [0.05, 0.1) is 17.7 Å². The van der Waals surface area contributed by atoms with E-state index >= 15 is 0 Å². The molecule has 3 amide bonds. The fraction of sp³-hybridized carbons (Fsp3) is 0.600. The third kappa shape index (κ3) is 4.38. The summed E-state index contributed by atoms with van der Waals surface area (Å²) in [6.45, 7) is 2.23. The van der Waals surface area contributed by atoms with Crippen molar-refractivity contribution in [3.8, 4) is 0 Å². The maximum atomic E-state index is 13.6. The van der Waals surface area contributed by atoms with Gasteiger partial charge >= 0.3 is 12.2 Å². The summed E-state index contributed by atoms with van der Waals surface area (Å²) in [6.07, 6.45) is -2.95. The highest BCUT2D eigenvalue weighted by molar-refractivity contribution is 5.81. The molecule has 3 fully saturated rings. The molecule has 1 aromatic carbocycles. The molecule has 0 unspecified atom stereocenters. The SMILES string of the molecule is O=C1COCC2(CN(C(=O)N3CCC(Cc4cc(F)cc(C(F)(F)F)c4)CC3)C2)N1. The highest BCUT2D eigenvalue weighted by Crippen LogP contribution is 2.32. The van der Waals surface area contributed by atoms with E-state index in [0.717, 1.165) is 12.1 Å². The number of carbonyl (C=O) groups excluding carboxylic acids is 2. The van der Waals surface area contributed by atoms with Crippen LogP contribution in [0.5, 0.6) is 0 Å². The highest BCUT2D eigenvalue weighted by Gasteiger charge is 2.49. The molecule has 0 radical (unpaired) electrons. The molecule has 0 aliphatic carbocycles. The van der Waals surface area contributed by atoms with E-state index in [2.05, 4.69) is 5.32 Å². The Labute approximate surface area is 171 Å². The predicted molar refractivity (Wildman–Crippen MR) is 98.1 cm³/mol. The van der Waals surface area contributed by atoms with Crippen LogP contribution in [-0.4, -0.2) is 66.7 Å². The number of likely N-dealkylation sites (tertiary alicyclic amines) is 2. The van der Waals surface area contributed by atoms with E-state index in [1.54, 1.807) is 9.80 Å². The van der Waals surface area contributed by atoms with Crippen LogP contribution in [-0.2, 0) is 22.1 Å². The molecule has 3 aliphatic heterocycles. The largest absolute Gasteiger partial charge is 0.416 e. The van der Waals surface area contributed by atoms with Crippen LogP contribution in [0.1, 0.15) is 24.0 Å². The van der Waals surface area contributed by atoms with Crippen LogP contribution in [0.3, 0.4) is 0 Å². The predicted octanol–water partition coefficient (Wildman–Crippen LogP) is 2.42. The molecule has 4 rings (SSSR count). The van der Waals surface area contributed by atoms with Crippen molar-refractivity contribution in [1.82, 2.24) is 15.1 Å². The smallest absolute Gasteiger partial charge is 0.369 e. The van der Waals surface area contributed by atoms with Gasteiger partial charge in [-0.1, -0.05) is 0 Å². The fourth-order valence-corrected chi connectivity index (χ4v) is 4.49. The van der Waals surface area contributed by atoms with Gasteiger partial charge < -0.3 is 19.9 Å². The Balaban J connectivity index is 1.28. The number of carbonyl (C=O) groups is 2. The summed E-state index contributed by atoms with van der Waals surface area (Å²) in [4.78, 5) is 27.6. The lowest BCUT2D eigenvalue weighted by Gasteiger charge is -2.52. The molecule has 1 N–H and O–H groups in total. The van der Waals surface area contributed by atoms with Crippen molar-refractivity contribution >= 4 is 11.9 Å². The minimum absolute atomic E-state index is 0.0407. The molecule has 0 aromatic heterocycles. The Morgan fingerprint density at radius 3 is 2.50 bits per heavy atom. The van der Waals surface area contributed by atoms with Gasteiger partial charge in [0, 0.05) is 26.2 Å². The van der Waals surface area contributed by atoms with E-state index in [1.807, 2.05) is 0 Å². The van der Waals surface area contributed by atoms with Crippen LogP contribution in [0.4, 0.5) is 22.4 Å². The summed E-state index contributed by atoms with van der Waals surface area (Å²) in [7, 11) is 0. The number of alkyl halides is 3. The molecular formula is C20H23F4N3O3. The second-order valence-electron chi connectivity index (χ2n) is 8.44. The summed E-state index contributed by atoms with van der Waals surface area (Å²) < 4.78 is 57.5. The summed E-state index contributed by atoms with van der Waals surface area (Å²) in [5.41, 5.74) is -1.14. The third-order valence-corrected chi connectivity index (χ3v) is 5.97. The van der Waals surface area contributed by atoms with E-state index < -0.39 is 23.1 Å². The number of halogens is 4. The van der Waals surface area contributed by atoms with Crippen LogP contribution >= 0.6 is 0 Å². The van der Waals surface area contributed by atoms with Crippen LogP contribution < -0.4 is 5.32 Å². The van der Waals surface area contributed by atoms with Crippen LogP contribution in [0.15, 0.2) is 18.2 Å². The molecule has 10 heteroatoms. The zero-order valence-corrected chi connectivity index (χ0v) is 16.3. The van der Waals surface area contributed by atoms with Crippen molar-refractivity contribution in [2.24, 2.45) is 5.92 Å². The van der Waals surface area contributed by atoms with Gasteiger partial charge in [-0.05, 0) is 48.9 Å². The molecule has 3 aliphatic rings. The van der Waals surface area contributed by atoms with Crippen molar-refractivity contribution in [3.63, 3.8) is 0 Å². The third-order valence-electron chi connectivity index (χ3n) is 5.97. The minimum atomic E-state index is -4.58. The number of rotatable bonds is 2. The number of nitrogens with zero attached hydrogens (tertiary/aromatic N) is 2. The zero-order chi connectivity index (χ0) is 21.5. The van der Waals surface area contributed by atoms with Crippen molar-refractivity contribution in [1.29, 1.82) is 0 Å². The fourth-order valence-electron chi connectivity index (χ4n) is 4.49. The first-order chi connectivity index (χ1) is 14.1. The maximum absolute atomic E-state index is 13.6. The summed E-state index contributed by atoms with van der Waals surface area (Å²) in [6, 6.07) is 2.54. The number of morpholine rings is 1. The number of urea groups is 1. The molecule has 0 atom stereocenters. The number of ether oxygens (including phenoxy) is 1. The summed E-state index contributed by atoms with van der Waals surface area (Å²) in [5.74, 6) is -0.983. The first kappa shape index (κ1) is 20.9. The van der Waals surface area contributed by atoms with E-state index in [-0.39, 0.29) is 24.5 Å². The van der Waals surface area contributed by atoms with E-state index in [9.17, 15) is 27.2 Å². The van der Waals surface area contributed by atoms with Gasteiger partial charge in [-0.2, -0.15) is 13.2 Å². The van der Waals surface area contributed by atoms with Crippen molar-refractivity contribution < 1.29 is 31.9 Å². The first-order valence-corrected chi connectivity index (χ1v) is 9.93. The van der Waals surface area contributed by atoms with Gasteiger partial charge in [-0.25, -0.2) is 9.18 Å². The van der Waals surface area contributed by atoms with Crippen LogP contribution in [0.25, 0.3) is 0 Å². The number of amides is 3. The van der Waals surface area contributed by atoms with Gasteiger partial charge in [-0.15, -0.1) is 0 Å². The normalized spacial score (nSPS) is 22.1. The molecule has 0 saturated carbocycles. The Morgan fingerprint density at radius 2 is 1.87 bits per heavy atom.